The van der Waals surface area contributed by atoms with Crippen molar-refractivity contribution in [2.75, 3.05) is 13.7 Å². The van der Waals surface area contributed by atoms with E-state index in [2.05, 4.69) is 11.0 Å². The van der Waals surface area contributed by atoms with Crippen LogP contribution in [0.3, 0.4) is 0 Å². The second kappa shape index (κ2) is 11.9. The summed E-state index contributed by atoms with van der Waals surface area (Å²) in [5, 5.41) is 0.651. The number of amides is 1. The zero-order chi connectivity index (χ0) is 27.3. The molecule has 1 fully saturated rings. The summed E-state index contributed by atoms with van der Waals surface area (Å²) in [4.78, 5) is 14.8. The Bertz CT molecular complexity index is 1530. The van der Waals surface area contributed by atoms with Gasteiger partial charge in [-0.1, -0.05) is 59.6 Å². The van der Waals surface area contributed by atoms with E-state index in [-0.39, 0.29) is 29.1 Å². The van der Waals surface area contributed by atoms with Gasteiger partial charge in [0.1, 0.15) is 6.61 Å². The van der Waals surface area contributed by atoms with Gasteiger partial charge < -0.3 is 9.47 Å². The molecule has 10 heteroatoms. The number of methoxy groups -OCH3 is 1. The Morgan fingerprint density at radius 3 is 2.50 bits per heavy atom. The average Bonchev–Trinajstić information content (AvgIpc) is 3.17. The number of benzene rings is 3. The van der Waals surface area contributed by atoms with Gasteiger partial charge in [0, 0.05) is 17.1 Å². The molecule has 196 valence electrons. The molecule has 1 saturated heterocycles. The second-order valence-electron chi connectivity index (χ2n) is 8.27. The minimum absolute atomic E-state index is 0.0510. The fourth-order valence-electron chi connectivity index (χ4n) is 3.55. The fourth-order valence-corrected chi connectivity index (χ4v) is 5.93. The molecule has 0 bridgehead atoms. The quantitative estimate of drug-likeness (QED) is 0.230. The highest BCUT2D eigenvalue weighted by Crippen LogP contribution is 2.36. The third-order valence-electron chi connectivity index (χ3n) is 5.54. The first-order chi connectivity index (χ1) is 18.2. The predicted molar refractivity (Wildman–Crippen MR) is 152 cm³/mol. The largest absolute Gasteiger partial charge is 0.493 e. The first kappa shape index (κ1) is 27.5. The predicted octanol–water partition coefficient (Wildman–Crippen LogP) is 6.08. The third-order valence-corrected chi connectivity index (χ3v) is 8.32. The van der Waals surface area contributed by atoms with E-state index in [4.69, 9.17) is 21.1 Å². The van der Waals surface area contributed by atoms with Gasteiger partial charge in [0.05, 0.1) is 16.9 Å². The molecule has 3 aromatic rings. The van der Waals surface area contributed by atoms with Crippen molar-refractivity contribution in [1.82, 2.24) is 4.90 Å². The van der Waals surface area contributed by atoms with Crippen molar-refractivity contribution >= 4 is 50.5 Å². The molecule has 0 spiro atoms. The summed E-state index contributed by atoms with van der Waals surface area (Å²) >= 11 is 7.23. The van der Waals surface area contributed by atoms with Crippen molar-refractivity contribution in [2.45, 2.75) is 18.4 Å². The van der Waals surface area contributed by atoms with Gasteiger partial charge >= 0.3 is 0 Å². The number of aryl methyl sites for hydroxylation is 1. The lowest BCUT2D eigenvalue weighted by molar-refractivity contribution is -0.121. The Hall–Kier alpha value is -3.53. The number of ether oxygens (including phenoxy) is 2. The number of nitrogens with zero attached hydrogens (tertiary/aromatic N) is 2. The van der Waals surface area contributed by atoms with Crippen LogP contribution in [0.25, 0.3) is 6.08 Å². The van der Waals surface area contributed by atoms with Crippen LogP contribution in [-0.2, 0) is 21.4 Å². The highest BCUT2D eigenvalue weighted by Gasteiger charge is 2.34. The van der Waals surface area contributed by atoms with Gasteiger partial charge in [0.25, 0.3) is 15.9 Å². The van der Waals surface area contributed by atoms with E-state index in [1.165, 1.54) is 30.2 Å². The van der Waals surface area contributed by atoms with Crippen LogP contribution in [0.2, 0.25) is 5.02 Å². The number of amidine groups is 1. The Labute approximate surface area is 231 Å². The summed E-state index contributed by atoms with van der Waals surface area (Å²) in [7, 11) is -2.48. The van der Waals surface area contributed by atoms with Crippen molar-refractivity contribution in [3.8, 4) is 11.5 Å². The van der Waals surface area contributed by atoms with Gasteiger partial charge in [0.15, 0.2) is 16.7 Å². The summed E-state index contributed by atoms with van der Waals surface area (Å²) in [6, 6.07) is 19.0. The lowest BCUT2D eigenvalue weighted by atomic mass is 10.1. The maximum absolute atomic E-state index is 13.2. The van der Waals surface area contributed by atoms with Crippen molar-refractivity contribution in [3.63, 3.8) is 0 Å². The molecule has 1 aliphatic rings. The van der Waals surface area contributed by atoms with Gasteiger partial charge in [-0.15, -0.1) is 11.0 Å². The van der Waals surface area contributed by atoms with Crippen LogP contribution in [0, 0.1) is 6.92 Å². The van der Waals surface area contributed by atoms with E-state index in [0.717, 1.165) is 22.9 Å². The molecule has 0 N–H and O–H groups in total. The summed E-state index contributed by atoms with van der Waals surface area (Å²) < 4.78 is 41.2. The normalized spacial score (nSPS) is 15.8. The minimum atomic E-state index is -4.02. The zero-order valence-electron chi connectivity index (χ0n) is 20.8. The number of halogens is 1. The van der Waals surface area contributed by atoms with E-state index < -0.39 is 10.0 Å². The highest BCUT2D eigenvalue weighted by molar-refractivity contribution is 8.19. The van der Waals surface area contributed by atoms with E-state index in [0.29, 0.717) is 27.0 Å². The third kappa shape index (κ3) is 6.30. The van der Waals surface area contributed by atoms with Crippen molar-refractivity contribution in [3.05, 3.63) is 106 Å². The maximum Gasteiger partial charge on any atom is 0.284 e. The molecule has 1 aliphatic heterocycles. The summed E-state index contributed by atoms with van der Waals surface area (Å²) in [6.45, 7) is 5.88. The SMILES string of the molecule is C=CCN1C(=O)/C(=C/c2ccc(OC)c(OCc3ccccc3Cl)c2)SC1=NS(=O)(=O)c1ccc(C)cc1. The Kier molecular flexibility index (Phi) is 8.61. The lowest BCUT2D eigenvalue weighted by Crippen LogP contribution is -2.29. The molecule has 3 aromatic carbocycles. The fraction of sp³-hybridized carbons (Fsp3) is 0.143. The molecule has 0 unspecified atom stereocenters. The Morgan fingerprint density at radius 1 is 1.08 bits per heavy atom. The number of carbonyl (C=O) groups is 1. The number of thioether (sulfide) groups is 1. The average molecular weight is 569 g/mol. The molecular formula is C28H25ClN2O5S2. The molecule has 38 heavy (non-hydrogen) atoms. The standard InChI is InChI=1S/C28H25ClN2O5S2/c1-4-15-31-27(32)26(37-28(31)30-38(33,34)22-12-9-19(2)10-13-22)17-20-11-14-24(35-3)25(16-20)36-18-21-7-5-6-8-23(21)29/h4-14,16-17H,1,15,18H2,2-3H3/b26-17-,30-28?. The number of rotatable bonds is 9. The molecule has 0 radical (unpaired) electrons. The zero-order valence-corrected chi connectivity index (χ0v) is 23.1. The summed E-state index contributed by atoms with van der Waals surface area (Å²) in [5.41, 5.74) is 2.41. The second-order valence-corrected chi connectivity index (χ2v) is 11.3. The van der Waals surface area contributed by atoms with Crippen LogP contribution >= 0.6 is 23.4 Å². The van der Waals surface area contributed by atoms with E-state index in [9.17, 15) is 13.2 Å². The van der Waals surface area contributed by atoms with Gasteiger partial charge in [-0.05, 0) is 60.7 Å². The van der Waals surface area contributed by atoms with E-state index >= 15 is 0 Å². The first-order valence-corrected chi connectivity index (χ1v) is 14.1. The van der Waals surface area contributed by atoms with Crippen molar-refractivity contribution in [1.29, 1.82) is 0 Å². The number of carbonyl (C=O) groups excluding carboxylic acids is 1. The highest BCUT2D eigenvalue weighted by atomic mass is 35.5. The first-order valence-electron chi connectivity index (χ1n) is 11.5. The van der Waals surface area contributed by atoms with Gasteiger partial charge in [0.2, 0.25) is 0 Å². The van der Waals surface area contributed by atoms with Crippen molar-refractivity contribution < 1.29 is 22.7 Å². The van der Waals surface area contributed by atoms with Crippen molar-refractivity contribution in [2.24, 2.45) is 4.40 Å². The lowest BCUT2D eigenvalue weighted by Gasteiger charge is -2.13. The molecule has 0 aromatic heterocycles. The molecule has 0 aliphatic carbocycles. The smallest absolute Gasteiger partial charge is 0.284 e. The van der Waals surface area contributed by atoms with E-state index in [1.54, 1.807) is 42.5 Å². The van der Waals surface area contributed by atoms with Crippen LogP contribution < -0.4 is 9.47 Å². The molecule has 1 heterocycles. The number of hydrogen-bond acceptors (Lipinski definition) is 6. The van der Waals surface area contributed by atoms with Crippen LogP contribution in [0.4, 0.5) is 0 Å². The van der Waals surface area contributed by atoms with Gasteiger partial charge in [-0.3, -0.25) is 9.69 Å². The minimum Gasteiger partial charge on any atom is -0.493 e. The molecule has 4 rings (SSSR count). The van der Waals surface area contributed by atoms with Crippen LogP contribution in [-0.4, -0.2) is 38.0 Å². The molecule has 0 saturated carbocycles. The maximum atomic E-state index is 13.2. The topological polar surface area (TPSA) is 85.3 Å². The van der Waals surface area contributed by atoms with Crippen LogP contribution in [0.1, 0.15) is 16.7 Å². The number of hydrogen-bond donors (Lipinski definition) is 0. The van der Waals surface area contributed by atoms with Gasteiger partial charge in [-0.2, -0.15) is 8.42 Å². The molecule has 0 atom stereocenters. The Balaban J connectivity index is 1.63. The summed E-state index contributed by atoms with van der Waals surface area (Å²) in [5.74, 6) is 0.613. The van der Waals surface area contributed by atoms with Crippen LogP contribution in [0.5, 0.6) is 11.5 Å². The molecular weight excluding hydrogens is 544 g/mol. The number of sulfonamides is 1. The van der Waals surface area contributed by atoms with E-state index in [1.807, 2.05) is 25.1 Å². The summed E-state index contributed by atoms with van der Waals surface area (Å²) in [6.07, 6.45) is 3.18. The molecule has 7 nitrogen and oxygen atoms in total. The van der Waals surface area contributed by atoms with Crippen LogP contribution in [0.15, 0.2) is 93.6 Å². The monoisotopic (exact) mass is 568 g/mol. The van der Waals surface area contributed by atoms with Gasteiger partial charge in [-0.25, -0.2) is 0 Å². The molecule has 1 amide bonds. The Morgan fingerprint density at radius 2 is 1.82 bits per heavy atom.